The predicted octanol–water partition coefficient (Wildman–Crippen LogP) is 1.68. The lowest BCUT2D eigenvalue weighted by atomic mass is 10.2. The fraction of sp³-hybridized carbons (Fsp3) is 0.615. The zero-order chi connectivity index (χ0) is 13.0. The van der Waals surface area contributed by atoms with Crippen LogP contribution in [-0.4, -0.2) is 37.9 Å². The van der Waals surface area contributed by atoms with Crippen molar-refractivity contribution >= 4 is 11.5 Å². The molecule has 1 aromatic rings. The highest BCUT2D eigenvalue weighted by molar-refractivity contribution is 5.63. The highest BCUT2D eigenvalue weighted by Gasteiger charge is 2.20. The molecule has 5 nitrogen and oxygen atoms in total. The van der Waals surface area contributed by atoms with Crippen LogP contribution in [0.1, 0.15) is 19.8 Å². The van der Waals surface area contributed by atoms with Crippen LogP contribution < -0.4 is 15.4 Å². The van der Waals surface area contributed by atoms with E-state index in [1.807, 2.05) is 6.07 Å². The molecule has 0 saturated carbocycles. The van der Waals surface area contributed by atoms with Gasteiger partial charge in [-0.15, -0.1) is 0 Å². The van der Waals surface area contributed by atoms with Crippen molar-refractivity contribution in [1.29, 1.82) is 0 Å². The van der Waals surface area contributed by atoms with Gasteiger partial charge in [-0.3, -0.25) is 0 Å². The van der Waals surface area contributed by atoms with Crippen molar-refractivity contribution in [2.75, 3.05) is 37.4 Å². The Balaban J connectivity index is 2.14. The Kier molecular flexibility index (Phi) is 4.25. The van der Waals surface area contributed by atoms with Gasteiger partial charge >= 0.3 is 0 Å². The number of ether oxygens (including phenoxy) is 2. The van der Waals surface area contributed by atoms with E-state index in [9.17, 15) is 0 Å². The summed E-state index contributed by atoms with van der Waals surface area (Å²) in [5, 5.41) is 0. The predicted molar refractivity (Wildman–Crippen MR) is 72.1 cm³/mol. The van der Waals surface area contributed by atoms with Crippen LogP contribution in [0.2, 0.25) is 0 Å². The van der Waals surface area contributed by atoms with Crippen LogP contribution >= 0.6 is 0 Å². The molecule has 5 heteroatoms. The standard InChI is InChI=1S/C13H21N3O2/c1-3-16(9-10-5-4-8-18-10)13-11(14)6-7-12(15-13)17-2/h6-7,10H,3-5,8-9,14H2,1-2H3. The maximum Gasteiger partial charge on any atom is 0.215 e. The molecule has 1 unspecified atom stereocenters. The Bertz CT molecular complexity index is 392. The zero-order valence-corrected chi connectivity index (χ0v) is 11.1. The third kappa shape index (κ3) is 2.85. The molecule has 1 aromatic heterocycles. The van der Waals surface area contributed by atoms with E-state index >= 15 is 0 Å². The van der Waals surface area contributed by atoms with Gasteiger partial charge in [0.25, 0.3) is 0 Å². The number of pyridine rings is 1. The summed E-state index contributed by atoms with van der Waals surface area (Å²) in [5.41, 5.74) is 6.67. The Morgan fingerprint density at radius 1 is 1.56 bits per heavy atom. The molecule has 0 radical (unpaired) electrons. The quantitative estimate of drug-likeness (QED) is 0.862. The van der Waals surface area contributed by atoms with Gasteiger partial charge in [0.1, 0.15) is 0 Å². The number of nitrogen functional groups attached to an aromatic ring is 1. The molecule has 0 bridgehead atoms. The first-order chi connectivity index (χ1) is 8.74. The van der Waals surface area contributed by atoms with Gasteiger partial charge in [-0.2, -0.15) is 4.98 Å². The number of aromatic nitrogens is 1. The van der Waals surface area contributed by atoms with Crippen LogP contribution in [0.25, 0.3) is 0 Å². The van der Waals surface area contributed by atoms with Crippen molar-refractivity contribution in [3.8, 4) is 5.88 Å². The second kappa shape index (κ2) is 5.91. The first-order valence-corrected chi connectivity index (χ1v) is 6.41. The molecule has 1 aliphatic rings. The van der Waals surface area contributed by atoms with E-state index in [4.69, 9.17) is 15.2 Å². The molecule has 1 saturated heterocycles. The van der Waals surface area contributed by atoms with E-state index in [0.717, 1.165) is 38.4 Å². The molecule has 2 rings (SSSR count). The van der Waals surface area contributed by atoms with Crippen molar-refractivity contribution in [3.05, 3.63) is 12.1 Å². The van der Waals surface area contributed by atoms with Crippen molar-refractivity contribution in [3.63, 3.8) is 0 Å². The van der Waals surface area contributed by atoms with Gasteiger partial charge in [0.2, 0.25) is 5.88 Å². The summed E-state index contributed by atoms with van der Waals surface area (Å²) < 4.78 is 10.8. The molecular formula is C13H21N3O2. The molecule has 100 valence electrons. The van der Waals surface area contributed by atoms with Crippen molar-refractivity contribution in [1.82, 2.24) is 4.98 Å². The Hall–Kier alpha value is -1.49. The molecule has 2 heterocycles. The monoisotopic (exact) mass is 251 g/mol. The lowest BCUT2D eigenvalue weighted by Crippen LogP contribution is -2.33. The molecule has 2 N–H and O–H groups in total. The maximum atomic E-state index is 5.99. The molecule has 0 aromatic carbocycles. The fourth-order valence-electron chi connectivity index (χ4n) is 2.21. The summed E-state index contributed by atoms with van der Waals surface area (Å²) in [5.74, 6) is 1.37. The molecule has 1 fully saturated rings. The van der Waals surface area contributed by atoms with Gasteiger partial charge in [0.05, 0.1) is 18.9 Å². The second-order valence-corrected chi connectivity index (χ2v) is 4.44. The second-order valence-electron chi connectivity index (χ2n) is 4.44. The van der Waals surface area contributed by atoms with Crippen molar-refractivity contribution in [2.45, 2.75) is 25.9 Å². The average Bonchev–Trinajstić information content (AvgIpc) is 2.90. The highest BCUT2D eigenvalue weighted by Crippen LogP contribution is 2.25. The fourth-order valence-corrected chi connectivity index (χ4v) is 2.21. The number of hydrogen-bond acceptors (Lipinski definition) is 5. The summed E-state index contributed by atoms with van der Waals surface area (Å²) in [6, 6.07) is 3.61. The van der Waals surface area contributed by atoms with Gasteiger partial charge in [-0.1, -0.05) is 0 Å². The zero-order valence-electron chi connectivity index (χ0n) is 11.1. The van der Waals surface area contributed by atoms with Crippen LogP contribution in [0.3, 0.4) is 0 Å². The van der Waals surface area contributed by atoms with Gasteiger partial charge in [-0.05, 0) is 25.8 Å². The van der Waals surface area contributed by atoms with Crippen LogP contribution in [0, 0.1) is 0 Å². The number of methoxy groups -OCH3 is 1. The van der Waals surface area contributed by atoms with Crippen molar-refractivity contribution in [2.24, 2.45) is 0 Å². The third-order valence-electron chi connectivity index (χ3n) is 3.22. The maximum absolute atomic E-state index is 5.99. The van der Waals surface area contributed by atoms with Gasteiger partial charge in [-0.25, -0.2) is 0 Å². The summed E-state index contributed by atoms with van der Waals surface area (Å²) >= 11 is 0. The lowest BCUT2D eigenvalue weighted by molar-refractivity contribution is 0.115. The minimum atomic E-state index is 0.289. The summed E-state index contributed by atoms with van der Waals surface area (Å²) in [6.45, 7) is 4.64. The minimum absolute atomic E-state index is 0.289. The third-order valence-corrected chi connectivity index (χ3v) is 3.22. The number of likely N-dealkylation sites (N-methyl/N-ethyl adjacent to an activating group) is 1. The van der Waals surface area contributed by atoms with E-state index in [-0.39, 0.29) is 6.10 Å². The van der Waals surface area contributed by atoms with Crippen molar-refractivity contribution < 1.29 is 9.47 Å². The van der Waals surface area contributed by atoms with Gasteiger partial charge in [0, 0.05) is 25.8 Å². The number of anilines is 2. The largest absolute Gasteiger partial charge is 0.481 e. The summed E-state index contributed by atoms with van der Waals surface area (Å²) in [6.07, 6.45) is 2.54. The first kappa shape index (κ1) is 13.0. The van der Waals surface area contributed by atoms with Crippen LogP contribution in [-0.2, 0) is 4.74 Å². The number of hydrogen-bond donors (Lipinski definition) is 1. The minimum Gasteiger partial charge on any atom is -0.481 e. The first-order valence-electron chi connectivity index (χ1n) is 6.41. The topological polar surface area (TPSA) is 60.6 Å². The van der Waals surface area contributed by atoms with E-state index in [1.165, 1.54) is 0 Å². The smallest absolute Gasteiger partial charge is 0.215 e. The molecular weight excluding hydrogens is 230 g/mol. The Labute approximate surface area is 108 Å². The SMILES string of the molecule is CCN(CC1CCCO1)c1nc(OC)ccc1N. The summed E-state index contributed by atoms with van der Waals surface area (Å²) in [4.78, 5) is 6.57. The normalized spacial score (nSPS) is 18.9. The lowest BCUT2D eigenvalue weighted by Gasteiger charge is -2.26. The summed E-state index contributed by atoms with van der Waals surface area (Å²) in [7, 11) is 1.61. The van der Waals surface area contributed by atoms with E-state index < -0.39 is 0 Å². The number of nitrogens with zero attached hydrogens (tertiary/aromatic N) is 2. The molecule has 0 aliphatic carbocycles. The van der Waals surface area contributed by atoms with Crippen LogP contribution in [0.4, 0.5) is 11.5 Å². The Morgan fingerprint density at radius 3 is 3.00 bits per heavy atom. The molecule has 0 spiro atoms. The molecule has 1 atom stereocenters. The Morgan fingerprint density at radius 2 is 2.39 bits per heavy atom. The molecule has 0 amide bonds. The molecule has 18 heavy (non-hydrogen) atoms. The van der Waals surface area contributed by atoms with Crippen LogP contribution in [0.15, 0.2) is 12.1 Å². The van der Waals surface area contributed by atoms with E-state index in [2.05, 4.69) is 16.8 Å². The van der Waals surface area contributed by atoms with E-state index in [0.29, 0.717) is 11.6 Å². The van der Waals surface area contributed by atoms with Gasteiger partial charge < -0.3 is 20.1 Å². The van der Waals surface area contributed by atoms with E-state index in [1.54, 1.807) is 13.2 Å². The molecule has 1 aliphatic heterocycles. The average molecular weight is 251 g/mol. The highest BCUT2D eigenvalue weighted by atomic mass is 16.5. The van der Waals surface area contributed by atoms with Gasteiger partial charge in [0.15, 0.2) is 5.82 Å². The van der Waals surface area contributed by atoms with Crippen LogP contribution in [0.5, 0.6) is 5.88 Å². The number of nitrogens with two attached hydrogens (primary N) is 1. The number of rotatable bonds is 5.